The van der Waals surface area contributed by atoms with Crippen LogP contribution in [0, 0.1) is 13.8 Å². The van der Waals surface area contributed by atoms with Crippen LogP contribution in [0.15, 0.2) is 72.8 Å². The molecule has 1 heterocycles. The molecule has 33 heavy (non-hydrogen) atoms. The Labute approximate surface area is 203 Å². The number of carbonyl (C=O) groups is 1. The van der Waals surface area contributed by atoms with Crippen LogP contribution in [-0.2, 0) is 11.3 Å². The Morgan fingerprint density at radius 2 is 1.73 bits per heavy atom. The number of nitrogens with zero attached hydrogens (tertiary/aromatic N) is 1. The number of ether oxygens (including phenoxy) is 2. The zero-order valence-corrected chi connectivity index (χ0v) is 20.1. The lowest BCUT2D eigenvalue weighted by atomic mass is 10.1. The fourth-order valence-electron chi connectivity index (χ4n) is 3.77. The zero-order chi connectivity index (χ0) is 23.5. The maximum atomic E-state index is 12.3. The van der Waals surface area contributed by atoms with E-state index in [2.05, 4.69) is 4.57 Å². The number of hydrogen-bond donors (Lipinski definition) is 0. The third-order valence-corrected chi connectivity index (χ3v) is 6.12. The lowest BCUT2D eigenvalue weighted by molar-refractivity contribution is 0.0600. The summed E-state index contributed by atoms with van der Waals surface area (Å²) in [6.07, 6.45) is 0. The smallest absolute Gasteiger partial charge is 0.338 e. The van der Waals surface area contributed by atoms with Crippen molar-refractivity contribution in [3.05, 3.63) is 105 Å². The van der Waals surface area contributed by atoms with Gasteiger partial charge in [-0.3, -0.25) is 0 Å². The highest BCUT2D eigenvalue weighted by Crippen LogP contribution is 2.36. The second-order valence-electron chi connectivity index (χ2n) is 7.71. The molecule has 0 aliphatic heterocycles. The van der Waals surface area contributed by atoms with Gasteiger partial charge in [-0.2, -0.15) is 0 Å². The largest absolute Gasteiger partial charge is 0.488 e. The standard InChI is InChI=1S/C27H23Cl2NO3/c1-17-8-11-21(15-22(17)27(31)32-3)30-18(2)9-12-25(30)23-14-20(28)10-13-26(23)33-16-19-6-4-5-7-24(19)29/h4-15H,16H2,1-3H3. The van der Waals surface area contributed by atoms with Gasteiger partial charge in [0.15, 0.2) is 0 Å². The third kappa shape index (κ3) is 4.77. The minimum atomic E-state index is -0.368. The number of benzene rings is 3. The van der Waals surface area contributed by atoms with Crippen molar-refractivity contribution in [3.8, 4) is 22.7 Å². The molecule has 4 nitrogen and oxygen atoms in total. The predicted octanol–water partition coefficient (Wildman–Crippen LogP) is 7.43. The molecule has 0 fully saturated rings. The summed E-state index contributed by atoms with van der Waals surface area (Å²) in [5.74, 6) is 0.311. The van der Waals surface area contributed by atoms with E-state index in [9.17, 15) is 4.79 Å². The van der Waals surface area contributed by atoms with E-state index in [1.54, 1.807) is 6.07 Å². The molecule has 0 amide bonds. The van der Waals surface area contributed by atoms with E-state index in [1.807, 2.05) is 80.6 Å². The fraction of sp³-hybridized carbons (Fsp3) is 0.148. The third-order valence-electron chi connectivity index (χ3n) is 5.52. The van der Waals surface area contributed by atoms with Crippen molar-refractivity contribution in [2.24, 2.45) is 0 Å². The Morgan fingerprint density at radius 3 is 2.48 bits per heavy atom. The van der Waals surface area contributed by atoms with Crippen LogP contribution in [0.25, 0.3) is 16.9 Å². The first kappa shape index (κ1) is 23.0. The van der Waals surface area contributed by atoms with Crippen LogP contribution in [-0.4, -0.2) is 17.6 Å². The summed E-state index contributed by atoms with van der Waals surface area (Å²) >= 11 is 12.7. The van der Waals surface area contributed by atoms with Gasteiger partial charge in [0.25, 0.3) is 0 Å². The monoisotopic (exact) mass is 479 g/mol. The number of methoxy groups -OCH3 is 1. The Morgan fingerprint density at radius 1 is 0.939 bits per heavy atom. The molecule has 0 spiro atoms. The van der Waals surface area contributed by atoms with Gasteiger partial charge in [-0.1, -0.05) is 47.5 Å². The summed E-state index contributed by atoms with van der Waals surface area (Å²) in [5, 5.41) is 1.25. The molecule has 0 aliphatic rings. The summed E-state index contributed by atoms with van der Waals surface area (Å²) in [4.78, 5) is 12.3. The van der Waals surface area contributed by atoms with Gasteiger partial charge in [0.05, 0.1) is 18.4 Å². The molecule has 3 aromatic carbocycles. The van der Waals surface area contributed by atoms with Crippen LogP contribution in [0.3, 0.4) is 0 Å². The highest BCUT2D eigenvalue weighted by atomic mass is 35.5. The number of hydrogen-bond acceptors (Lipinski definition) is 3. The summed E-state index contributed by atoms with van der Waals surface area (Å²) in [7, 11) is 1.38. The molecule has 168 valence electrons. The first-order valence-corrected chi connectivity index (χ1v) is 11.2. The van der Waals surface area contributed by atoms with Gasteiger partial charge in [-0.25, -0.2) is 4.79 Å². The molecule has 0 unspecified atom stereocenters. The van der Waals surface area contributed by atoms with Crippen molar-refractivity contribution in [1.82, 2.24) is 4.57 Å². The van der Waals surface area contributed by atoms with E-state index in [1.165, 1.54) is 7.11 Å². The van der Waals surface area contributed by atoms with Gasteiger partial charge < -0.3 is 14.0 Å². The number of aryl methyl sites for hydroxylation is 2. The van der Waals surface area contributed by atoms with Crippen LogP contribution in [0.5, 0.6) is 5.75 Å². The molecule has 0 bridgehead atoms. The van der Waals surface area contributed by atoms with Crippen LogP contribution < -0.4 is 4.74 Å². The van der Waals surface area contributed by atoms with Crippen LogP contribution in [0.1, 0.15) is 27.2 Å². The van der Waals surface area contributed by atoms with Crippen molar-refractivity contribution in [2.45, 2.75) is 20.5 Å². The van der Waals surface area contributed by atoms with E-state index >= 15 is 0 Å². The van der Waals surface area contributed by atoms with Gasteiger partial charge in [-0.05, 0) is 67.9 Å². The highest BCUT2D eigenvalue weighted by molar-refractivity contribution is 6.31. The number of halogens is 2. The highest BCUT2D eigenvalue weighted by Gasteiger charge is 2.17. The molecule has 4 aromatic rings. The Hall–Kier alpha value is -3.21. The Bertz CT molecular complexity index is 1330. The molecule has 0 N–H and O–H groups in total. The van der Waals surface area contributed by atoms with E-state index in [4.69, 9.17) is 32.7 Å². The van der Waals surface area contributed by atoms with Gasteiger partial charge in [0.1, 0.15) is 12.4 Å². The summed E-state index contributed by atoms with van der Waals surface area (Å²) in [6, 6.07) is 22.9. The minimum absolute atomic E-state index is 0.324. The SMILES string of the molecule is COC(=O)c1cc(-n2c(C)ccc2-c2cc(Cl)ccc2OCc2ccccc2Cl)ccc1C. The van der Waals surface area contributed by atoms with Gasteiger partial charge in [0, 0.05) is 32.6 Å². The van der Waals surface area contributed by atoms with Crippen molar-refractivity contribution < 1.29 is 14.3 Å². The minimum Gasteiger partial charge on any atom is -0.488 e. The molecular weight excluding hydrogens is 457 g/mol. The van der Waals surface area contributed by atoms with E-state index in [-0.39, 0.29) is 5.97 Å². The predicted molar refractivity (Wildman–Crippen MR) is 133 cm³/mol. The molecule has 4 rings (SSSR count). The van der Waals surface area contributed by atoms with Crippen LogP contribution >= 0.6 is 23.2 Å². The molecule has 0 aliphatic carbocycles. The van der Waals surface area contributed by atoms with Gasteiger partial charge in [-0.15, -0.1) is 0 Å². The zero-order valence-electron chi connectivity index (χ0n) is 18.6. The maximum absolute atomic E-state index is 12.3. The lowest BCUT2D eigenvalue weighted by Crippen LogP contribution is -2.07. The van der Waals surface area contributed by atoms with Gasteiger partial charge in [0.2, 0.25) is 0 Å². The molecule has 0 atom stereocenters. The first-order chi connectivity index (χ1) is 15.9. The van der Waals surface area contributed by atoms with E-state index in [0.29, 0.717) is 28.0 Å². The Kier molecular flexibility index (Phi) is 6.77. The average molecular weight is 480 g/mol. The average Bonchev–Trinajstić information content (AvgIpc) is 3.20. The van der Waals surface area contributed by atoms with E-state index in [0.717, 1.165) is 33.8 Å². The molecule has 1 aromatic heterocycles. The van der Waals surface area contributed by atoms with E-state index < -0.39 is 0 Å². The number of carbonyl (C=O) groups excluding carboxylic acids is 1. The topological polar surface area (TPSA) is 40.5 Å². The quantitative estimate of drug-likeness (QED) is 0.270. The maximum Gasteiger partial charge on any atom is 0.338 e. The number of esters is 1. The summed E-state index contributed by atoms with van der Waals surface area (Å²) in [6.45, 7) is 4.22. The van der Waals surface area contributed by atoms with Crippen molar-refractivity contribution in [2.75, 3.05) is 7.11 Å². The normalized spacial score (nSPS) is 10.8. The molecular formula is C27H23Cl2NO3. The van der Waals surface area contributed by atoms with Crippen molar-refractivity contribution in [3.63, 3.8) is 0 Å². The fourth-order valence-corrected chi connectivity index (χ4v) is 4.13. The number of rotatable bonds is 6. The second kappa shape index (κ2) is 9.74. The van der Waals surface area contributed by atoms with Crippen molar-refractivity contribution >= 4 is 29.2 Å². The molecule has 6 heteroatoms. The lowest BCUT2D eigenvalue weighted by Gasteiger charge is -2.17. The Balaban J connectivity index is 1.78. The summed E-state index contributed by atoms with van der Waals surface area (Å²) < 4.78 is 13.2. The molecule has 0 saturated carbocycles. The molecule has 0 saturated heterocycles. The first-order valence-electron chi connectivity index (χ1n) is 10.4. The summed E-state index contributed by atoms with van der Waals surface area (Å²) in [5.41, 5.74) is 5.84. The molecule has 0 radical (unpaired) electrons. The van der Waals surface area contributed by atoms with Gasteiger partial charge >= 0.3 is 5.97 Å². The second-order valence-corrected chi connectivity index (χ2v) is 8.55. The van der Waals surface area contributed by atoms with Crippen LogP contribution in [0.2, 0.25) is 10.0 Å². The van der Waals surface area contributed by atoms with Crippen LogP contribution in [0.4, 0.5) is 0 Å². The van der Waals surface area contributed by atoms with Crippen molar-refractivity contribution in [1.29, 1.82) is 0 Å². The number of aromatic nitrogens is 1.